The van der Waals surface area contributed by atoms with Gasteiger partial charge in [-0.1, -0.05) is 17.7 Å². The molecular formula is C20H28ClIN4OS. The van der Waals surface area contributed by atoms with E-state index in [4.69, 9.17) is 11.6 Å². The topological polar surface area (TPSA) is 65.5 Å². The number of hydrogen-bond donors (Lipinski definition) is 3. The largest absolute Gasteiger partial charge is 0.356 e. The van der Waals surface area contributed by atoms with Crippen molar-refractivity contribution in [3.63, 3.8) is 0 Å². The molecule has 0 aliphatic heterocycles. The fourth-order valence-electron chi connectivity index (χ4n) is 2.60. The van der Waals surface area contributed by atoms with Crippen LogP contribution in [0.15, 0.2) is 35.3 Å². The van der Waals surface area contributed by atoms with Crippen LogP contribution >= 0.6 is 46.9 Å². The normalized spacial score (nSPS) is 12.1. The van der Waals surface area contributed by atoms with E-state index in [1.54, 1.807) is 7.05 Å². The van der Waals surface area contributed by atoms with Gasteiger partial charge in [-0.05, 0) is 50.6 Å². The van der Waals surface area contributed by atoms with E-state index in [0.717, 1.165) is 12.0 Å². The molecule has 5 nitrogen and oxygen atoms in total. The van der Waals surface area contributed by atoms with Crippen molar-refractivity contribution in [2.75, 3.05) is 18.9 Å². The number of carbonyl (C=O) groups excluding carboxylic acids is 1. The molecular weight excluding hydrogens is 507 g/mol. The number of amides is 1. The van der Waals surface area contributed by atoms with Crippen LogP contribution in [0.1, 0.15) is 28.7 Å². The number of aliphatic imine (C=N–C) groups is 1. The molecule has 0 saturated carbocycles. The highest BCUT2D eigenvalue weighted by Crippen LogP contribution is 2.22. The lowest BCUT2D eigenvalue weighted by atomic mass is 10.2. The van der Waals surface area contributed by atoms with E-state index in [1.807, 2.05) is 36.5 Å². The predicted octanol–water partition coefficient (Wildman–Crippen LogP) is 4.76. The van der Waals surface area contributed by atoms with Crippen LogP contribution in [0.5, 0.6) is 0 Å². The van der Waals surface area contributed by atoms with Crippen LogP contribution in [-0.4, -0.2) is 31.5 Å². The lowest BCUT2D eigenvalue weighted by Crippen LogP contribution is -2.43. The molecule has 0 radical (unpaired) electrons. The van der Waals surface area contributed by atoms with Crippen LogP contribution in [0.25, 0.3) is 0 Å². The summed E-state index contributed by atoms with van der Waals surface area (Å²) in [5.41, 5.74) is 1.69. The van der Waals surface area contributed by atoms with Crippen LogP contribution < -0.4 is 16.0 Å². The summed E-state index contributed by atoms with van der Waals surface area (Å²) in [4.78, 5) is 19.0. The molecule has 1 amide bonds. The Hall–Kier alpha value is -1.32. The lowest BCUT2D eigenvalue weighted by Gasteiger charge is -2.17. The molecule has 0 bridgehead atoms. The first-order valence-corrected chi connectivity index (χ1v) is 10.2. The van der Waals surface area contributed by atoms with E-state index in [-0.39, 0.29) is 35.9 Å². The number of aryl methyl sites for hydroxylation is 2. The van der Waals surface area contributed by atoms with Gasteiger partial charge in [0, 0.05) is 42.2 Å². The van der Waals surface area contributed by atoms with Gasteiger partial charge in [0.25, 0.3) is 0 Å². The van der Waals surface area contributed by atoms with Crippen LogP contribution in [0.4, 0.5) is 5.69 Å². The number of anilines is 1. The molecule has 1 aromatic heterocycles. The maximum atomic E-state index is 12.1. The Kier molecular flexibility index (Phi) is 10.8. The van der Waals surface area contributed by atoms with Crippen molar-refractivity contribution in [3.05, 3.63) is 50.7 Å². The minimum Gasteiger partial charge on any atom is -0.356 e. The molecule has 1 aromatic carbocycles. The molecule has 0 aliphatic rings. The van der Waals surface area contributed by atoms with Crippen LogP contribution in [0.2, 0.25) is 5.02 Å². The van der Waals surface area contributed by atoms with E-state index < -0.39 is 0 Å². The molecule has 0 fully saturated rings. The summed E-state index contributed by atoms with van der Waals surface area (Å²) in [7, 11) is 1.73. The Morgan fingerprint density at radius 2 is 2.00 bits per heavy atom. The molecule has 0 aliphatic carbocycles. The Morgan fingerprint density at radius 3 is 2.61 bits per heavy atom. The second kappa shape index (κ2) is 12.3. The van der Waals surface area contributed by atoms with Gasteiger partial charge in [0.2, 0.25) is 5.91 Å². The second-order valence-corrected chi connectivity index (χ2v) is 8.32. The van der Waals surface area contributed by atoms with Crippen molar-refractivity contribution in [1.29, 1.82) is 0 Å². The van der Waals surface area contributed by atoms with Gasteiger partial charge >= 0.3 is 0 Å². The number of hydrogen-bond acceptors (Lipinski definition) is 3. The van der Waals surface area contributed by atoms with Gasteiger partial charge < -0.3 is 16.0 Å². The molecule has 1 heterocycles. The summed E-state index contributed by atoms with van der Waals surface area (Å²) < 4.78 is 0. The van der Waals surface area contributed by atoms with Crippen LogP contribution in [0, 0.1) is 13.8 Å². The fraction of sp³-hybridized carbons (Fsp3) is 0.400. The summed E-state index contributed by atoms with van der Waals surface area (Å²) in [5, 5.41) is 9.92. The number of guanidine groups is 1. The molecule has 3 N–H and O–H groups in total. The molecule has 1 unspecified atom stereocenters. The van der Waals surface area contributed by atoms with Crippen LogP contribution in [0.3, 0.4) is 0 Å². The van der Waals surface area contributed by atoms with Gasteiger partial charge in [0.05, 0.1) is 10.7 Å². The summed E-state index contributed by atoms with van der Waals surface area (Å²) in [6.07, 6.45) is 1.26. The van der Waals surface area contributed by atoms with Crippen molar-refractivity contribution in [3.8, 4) is 0 Å². The van der Waals surface area contributed by atoms with E-state index in [0.29, 0.717) is 29.6 Å². The Labute approximate surface area is 193 Å². The van der Waals surface area contributed by atoms with E-state index >= 15 is 0 Å². The Bertz CT molecular complexity index is 809. The van der Waals surface area contributed by atoms with Crippen molar-refractivity contribution in [2.24, 2.45) is 4.99 Å². The number of nitrogens with zero attached hydrogens (tertiary/aromatic N) is 1. The van der Waals surface area contributed by atoms with Crippen molar-refractivity contribution >= 4 is 64.5 Å². The first kappa shape index (κ1) is 24.7. The summed E-state index contributed by atoms with van der Waals surface area (Å²) in [6, 6.07) is 10.1. The zero-order chi connectivity index (χ0) is 19.8. The number of carbonyl (C=O) groups is 1. The number of benzene rings is 1. The molecule has 1 atom stereocenters. The molecule has 28 heavy (non-hydrogen) atoms. The van der Waals surface area contributed by atoms with Crippen molar-refractivity contribution < 1.29 is 4.79 Å². The SMILES string of the molecule is CN=C(NCCC(=O)Nc1ccc(C)cc1Cl)NC(C)Cc1ccc(C)s1.I. The number of halogens is 2. The highest BCUT2D eigenvalue weighted by atomic mass is 127. The molecule has 154 valence electrons. The van der Waals surface area contributed by atoms with Crippen molar-refractivity contribution in [1.82, 2.24) is 10.6 Å². The monoisotopic (exact) mass is 534 g/mol. The maximum absolute atomic E-state index is 12.1. The summed E-state index contributed by atoms with van der Waals surface area (Å²) in [5.74, 6) is 0.600. The zero-order valence-corrected chi connectivity index (χ0v) is 20.5. The third-order valence-electron chi connectivity index (χ3n) is 3.95. The van der Waals surface area contributed by atoms with Gasteiger partial charge in [-0.3, -0.25) is 9.79 Å². The van der Waals surface area contributed by atoms with E-state index in [9.17, 15) is 4.79 Å². The lowest BCUT2D eigenvalue weighted by molar-refractivity contribution is -0.116. The van der Waals surface area contributed by atoms with Gasteiger partial charge in [0.15, 0.2) is 5.96 Å². The highest BCUT2D eigenvalue weighted by Gasteiger charge is 2.09. The Morgan fingerprint density at radius 1 is 1.25 bits per heavy atom. The fourth-order valence-corrected chi connectivity index (χ4v) is 3.91. The quantitative estimate of drug-likeness (QED) is 0.273. The third-order valence-corrected chi connectivity index (χ3v) is 5.29. The second-order valence-electron chi connectivity index (χ2n) is 6.54. The van der Waals surface area contributed by atoms with Gasteiger partial charge in [-0.25, -0.2) is 0 Å². The smallest absolute Gasteiger partial charge is 0.226 e. The van der Waals surface area contributed by atoms with Gasteiger partial charge in [0.1, 0.15) is 0 Å². The standard InChI is InChI=1S/C20H27ClN4OS.HI/c1-13-5-8-18(17(21)11-13)25-19(26)9-10-23-20(22-4)24-14(2)12-16-7-6-15(3)27-16;/h5-8,11,14H,9-10,12H2,1-4H3,(H,25,26)(H2,22,23,24);1H. The van der Waals surface area contributed by atoms with Crippen LogP contribution in [-0.2, 0) is 11.2 Å². The van der Waals surface area contributed by atoms with Gasteiger partial charge in [-0.15, -0.1) is 35.3 Å². The first-order chi connectivity index (χ1) is 12.9. The van der Waals surface area contributed by atoms with E-state index in [1.165, 1.54) is 9.75 Å². The van der Waals surface area contributed by atoms with Gasteiger partial charge in [-0.2, -0.15) is 0 Å². The molecule has 2 aromatic rings. The summed E-state index contributed by atoms with van der Waals surface area (Å²) >= 11 is 7.96. The number of nitrogens with one attached hydrogen (secondary N) is 3. The number of rotatable bonds is 7. The van der Waals surface area contributed by atoms with E-state index in [2.05, 4.69) is 46.9 Å². The molecule has 0 saturated heterocycles. The average molecular weight is 535 g/mol. The maximum Gasteiger partial charge on any atom is 0.226 e. The zero-order valence-electron chi connectivity index (χ0n) is 16.6. The van der Waals surface area contributed by atoms with Crippen molar-refractivity contribution in [2.45, 2.75) is 39.7 Å². The Balaban J connectivity index is 0.00000392. The molecule has 2 rings (SSSR count). The first-order valence-electron chi connectivity index (χ1n) is 8.96. The highest BCUT2D eigenvalue weighted by molar-refractivity contribution is 14.0. The minimum atomic E-state index is -0.0918. The minimum absolute atomic E-state index is 0. The molecule has 8 heteroatoms. The predicted molar refractivity (Wildman–Crippen MR) is 132 cm³/mol. The average Bonchev–Trinajstić information content (AvgIpc) is 3.01. The molecule has 0 spiro atoms. The number of thiophene rings is 1. The third kappa shape index (κ3) is 8.36. The summed E-state index contributed by atoms with van der Waals surface area (Å²) in [6.45, 7) is 6.68.